The third kappa shape index (κ3) is 4.17. The van der Waals surface area contributed by atoms with Crippen LogP contribution in [0.15, 0.2) is 150 Å². The molecule has 1 aliphatic carbocycles. The Morgan fingerprint density at radius 2 is 1.30 bits per heavy atom. The Morgan fingerprint density at radius 1 is 0.553 bits per heavy atom. The van der Waals surface area contributed by atoms with Gasteiger partial charge in [-0.2, -0.15) is 0 Å². The number of fused-ring (bicyclic) bond motifs is 9. The summed E-state index contributed by atoms with van der Waals surface area (Å²) in [5, 5.41) is 7.41. The largest absolute Gasteiger partial charge is 0.456 e. The lowest BCUT2D eigenvalue weighted by Gasteiger charge is -2.27. The maximum atomic E-state index is 6.41. The molecule has 9 aromatic rings. The van der Waals surface area contributed by atoms with E-state index in [1.54, 1.807) is 0 Å². The van der Waals surface area contributed by atoms with E-state index in [1.165, 1.54) is 53.2 Å². The average Bonchev–Trinajstić information content (AvgIpc) is 3.70. The second-order valence-electron chi connectivity index (χ2n) is 12.4. The summed E-state index contributed by atoms with van der Waals surface area (Å²) in [6.07, 6.45) is 6.72. The second kappa shape index (κ2) is 10.4. The van der Waals surface area contributed by atoms with E-state index in [0.29, 0.717) is 0 Å². The van der Waals surface area contributed by atoms with Gasteiger partial charge in [0.15, 0.2) is 0 Å². The predicted octanol–water partition coefficient (Wildman–Crippen LogP) is 13.2. The van der Waals surface area contributed by atoms with Crippen molar-refractivity contribution in [2.75, 3.05) is 4.90 Å². The van der Waals surface area contributed by atoms with Crippen LogP contribution in [0.25, 0.3) is 70.1 Å². The molecule has 0 aliphatic heterocycles. The summed E-state index contributed by atoms with van der Waals surface area (Å²) in [4.78, 5) is 2.41. The molecule has 0 radical (unpaired) electrons. The zero-order valence-electron chi connectivity index (χ0n) is 25.6. The van der Waals surface area contributed by atoms with Crippen molar-refractivity contribution < 1.29 is 4.42 Å². The molecule has 3 heteroatoms. The summed E-state index contributed by atoms with van der Waals surface area (Å²) in [7, 11) is 0. The molecule has 0 saturated carbocycles. The molecule has 0 saturated heterocycles. The van der Waals surface area contributed by atoms with Crippen molar-refractivity contribution in [3.8, 4) is 11.1 Å². The predicted molar refractivity (Wildman–Crippen MR) is 202 cm³/mol. The van der Waals surface area contributed by atoms with Crippen LogP contribution in [0, 0.1) is 0 Å². The minimum atomic E-state index is 0.890. The van der Waals surface area contributed by atoms with Crippen molar-refractivity contribution in [3.63, 3.8) is 0 Å². The quantitative estimate of drug-likeness (QED) is 0.195. The van der Waals surface area contributed by atoms with Gasteiger partial charge in [0, 0.05) is 53.8 Å². The van der Waals surface area contributed by atoms with E-state index < -0.39 is 0 Å². The topological polar surface area (TPSA) is 16.4 Å². The van der Waals surface area contributed by atoms with Crippen molar-refractivity contribution in [2.45, 2.75) is 12.8 Å². The van der Waals surface area contributed by atoms with Gasteiger partial charge in [0.05, 0.1) is 5.69 Å². The maximum absolute atomic E-state index is 6.41. The standard InChI is InChI=1S/C44H29NOS/c1-2-12-32-28(10-1)11-9-17-33(32)29-20-22-30(23-21-29)45(31-24-25-36-35-14-5-7-18-40(35)46-41(36)26-31)39-27-43-44(37-15-4-3-13-34(37)39)38-16-6-8-19-42(38)47-43/h1,3-11,13-27H,2,12H2. The smallest absolute Gasteiger partial charge is 0.137 e. The Labute approximate surface area is 276 Å². The Bertz CT molecular complexity index is 2690. The summed E-state index contributed by atoms with van der Waals surface area (Å²) in [5.41, 5.74) is 10.5. The number of benzene rings is 7. The van der Waals surface area contributed by atoms with Gasteiger partial charge in [-0.25, -0.2) is 0 Å². The van der Waals surface area contributed by atoms with Crippen LogP contribution in [0.3, 0.4) is 0 Å². The van der Waals surface area contributed by atoms with Gasteiger partial charge >= 0.3 is 0 Å². The minimum absolute atomic E-state index is 0.890. The molecule has 1 aliphatic rings. The first-order valence-electron chi connectivity index (χ1n) is 16.2. The highest BCUT2D eigenvalue weighted by Crippen LogP contribution is 2.47. The van der Waals surface area contributed by atoms with Crippen LogP contribution in [-0.2, 0) is 6.42 Å². The molecular formula is C44H29NOS. The number of allylic oxidation sites excluding steroid dienone is 1. The first kappa shape index (κ1) is 26.6. The molecule has 0 amide bonds. The molecule has 0 fully saturated rings. The number of nitrogens with zero attached hydrogens (tertiary/aromatic N) is 1. The highest BCUT2D eigenvalue weighted by Gasteiger charge is 2.21. The van der Waals surface area contributed by atoms with E-state index in [1.807, 2.05) is 23.5 Å². The molecule has 2 heterocycles. The van der Waals surface area contributed by atoms with Crippen LogP contribution < -0.4 is 4.90 Å². The Hall–Kier alpha value is -5.64. The summed E-state index contributed by atoms with van der Waals surface area (Å²) in [6.45, 7) is 0. The molecule has 10 rings (SSSR count). The fourth-order valence-electron chi connectivity index (χ4n) is 7.57. The van der Waals surface area contributed by atoms with Crippen molar-refractivity contribution in [2.24, 2.45) is 0 Å². The second-order valence-corrected chi connectivity index (χ2v) is 13.5. The molecule has 0 unspecified atom stereocenters. The summed E-state index contributed by atoms with van der Waals surface area (Å²) >= 11 is 1.87. The van der Waals surface area contributed by atoms with Gasteiger partial charge in [0.1, 0.15) is 11.2 Å². The molecular weight excluding hydrogens is 591 g/mol. The summed E-state index contributed by atoms with van der Waals surface area (Å²) in [6, 6.07) is 50.8. The number of hydrogen-bond donors (Lipinski definition) is 0. The molecule has 222 valence electrons. The van der Waals surface area contributed by atoms with Crippen molar-refractivity contribution in [3.05, 3.63) is 157 Å². The maximum Gasteiger partial charge on any atom is 0.137 e. The Balaban J connectivity index is 1.21. The Morgan fingerprint density at radius 3 is 2.19 bits per heavy atom. The molecule has 0 atom stereocenters. The third-order valence-electron chi connectivity index (χ3n) is 9.73. The fourth-order valence-corrected chi connectivity index (χ4v) is 8.73. The third-order valence-corrected chi connectivity index (χ3v) is 10.8. The molecule has 0 spiro atoms. The molecule has 0 N–H and O–H groups in total. The molecule has 0 bridgehead atoms. The van der Waals surface area contributed by atoms with Crippen molar-refractivity contribution >= 4 is 87.4 Å². The van der Waals surface area contributed by atoms with Crippen LogP contribution in [0.4, 0.5) is 17.1 Å². The van der Waals surface area contributed by atoms with E-state index >= 15 is 0 Å². The van der Waals surface area contributed by atoms with Crippen LogP contribution >= 0.6 is 11.3 Å². The van der Waals surface area contributed by atoms with E-state index in [4.69, 9.17) is 4.42 Å². The van der Waals surface area contributed by atoms with E-state index in [9.17, 15) is 0 Å². The van der Waals surface area contributed by atoms with Gasteiger partial charge < -0.3 is 9.32 Å². The van der Waals surface area contributed by atoms with Gasteiger partial charge in [-0.05, 0) is 82.9 Å². The number of para-hydroxylation sites is 1. The van der Waals surface area contributed by atoms with Gasteiger partial charge in [0.2, 0.25) is 0 Å². The zero-order valence-corrected chi connectivity index (χ0v) is 26.4. The molecule has 2 nitrogen and oxygen atoms in total. The number of hydrogen-bond acceptors (Lipinski definition) is 3. The summed E-state index contributed by atoms with van der Waals surface area (Å²) < 4.78 is 9.01. The highest BCUT2D eigenvalue weighted by molar-refractivity contribution is 7.26. The van der Waals surface area contributed by atoms with Crippen LogP contribution in [-0.4, -0.2) is 0 Å². The van der Waals surface area contributed by atoms with Gasteiger partial charge in [0.25, 0.3) is 0 Å². The summed E-state index contributed by atoms with van der Waals surface area (Å²) in [5.74, 6) is 0. The zero-order chi connectivity index (χ0) is 30.9. The first-order chi connectivity index (χ1) is 23.3. The lowest BCUT2D eigenvalue weighted by atomic mass is 9.89. The highest BCUT2D eigenvalue weighted by atomic mass is 32.1. The lowest BCUT2D eigenvalue weighted by molar-refractivity contribution is 0.669. The fraction of sp³-hybridized carbons (Fsp3) is 0.0455. The number of anilines is 3. The first-order valence-corrected chi connectivity index (χ1v) is 17.1. The number of rotatable bonds is 4. The number of thiophene rings is 1. The normalized spacial score (nSPS) is 12.9. The number of furan rings is 1. The van der Waals surface area contributed by atoms with Crippen molar-refractivity contribution in [1.29, 1.82) is 0 Å². The van der Waals surface area contributed by atoms with E-state index in [-0.39, 0.29) is 0 Å². The van der Waals surface area contributed by atoms with Gasteiger partial charge in [-0.1, -0.05) is 103 Å². The molecule has 2 aromatic heterocycles. The Kier molecular flexibility index (Phi) is 5.91. The van der Waals surface area contributed by atoms with E-state index in [2.05, 4.69) is 144 Å². The van der Waals surface area contributed by atoms with Crippen LogP contribution in [0.2, 0.25) is 0 Å². The van der Waals surface area contributed by atoms with Crippen LogP contribution in [0.5, 0.6) is 0 Å². The van der Waals surface area contributed by atoms with Gasteiger partial charge in [-0.3, -0.25) is 0 Å². The monoisotopic (exact) mass is 619 g/mol. The average molecular weight is 620 g/mol. The van der Waals surface area contributed by atoms with Gasteiger partial charge in [-0.15, -0.1) is 11.3 Å². The molecule has 47 heavy (non-hydrogen) atoms. The SMILES string of the molecule is C1=Cc2cccc(-c3ccc(N(c4ccc5c(c4)oc4ccccc45)c4cc5sc6ccccc6c5c5ccccc45)cc3)c2CC1. The van der Waals surface area contributed by atoms with E-state index in [0.717, 1.165) is 51.8 Å². The lowest BCUT2D eigenvalue weighted by Crippen LogP contribution is -2.10. The minimum Gasteiger partial charge on any atom is -0.456 e. The molecule has 7 aromatic carbocycles. The van der Waals surface area contributed by atoms with Crippen molar-refractivity contribution in [1.82, 2.24) is 0 Å². The van der Waals surface area contributed by atoms with Crippen LogP contribution in [0.1, 0.15) is 17.5 Å².